The number of hydrogen-bond donors (Lipinski definition) is 3. The van der Waals surface area contributed by atoms with Crippen LogP contribution in [0, 0.1) is 0 Å². The molecule has 132 valence electrons. The van der Waals surface area contributed by atoms with Crippen LogP contribution in [0.15, 0.2) is 43.0 Å². The van der Waals surface area contributed by atoms with Gasteiger partial charge in [0.25, 0.3) is 0 Å². The van der Waals surface area contributed by atoms with Crippen LogP contribution in [-0.4, -0.2) is 32.2 Å². The van der Waals surface area contributed by atoms with E-state index in [2.05, 4.69) is 15.0 Å². The van der Waals surface area contributed by atoms with Gasteiger partial charge in [-0.3, -0.25) is 4.57 Å². The fraction of sp³-hybridized carbons (Fsp3) is 0.353. The lowest BCUT2D eigenvalue weighted by Gasteiger charge is -2.13. The van der Waals surface area contributed by atoms with Crippen molar-refractivity contribution in [3.63, 3.8) is 0 Å². The Bertz CT molecular complexity index is 805. The van der Waals surface area contributed by atoms with Gasteiger partial charge in [-0.15, -0.1) is 0 Å². The molecule has 0 amide bonds. The maximum Gasteiger partial charge on any atom is 0.167 e. The van der Waals surface area contributed by atoms with Gasteiger partial charge in [0, 0.05) is 13.1 Å². The quantitative estimate of drug-likeness (QED) is 0.652. The summed E-state index contributed by atoms with van der Waals surface area (Å²) in [6.45, 7) is 1.18. The van der Waals surface area contributed by atoms with E-state index in [1.165, 1.54) is 11.9 Å². The van der Waals surface area contributed by atoms with E-state index in [4.69, 9.17) is 21.9 Å². The van der Waals surface area contributed by atoms with E-state index < -0.39 is 0 Å². The van der Waals surface area contributed by atoms with E-state index >= 15 is 0 Å². The molecule has 3 aromatic rings. The molecule has 25 heavy (non-hydrogen) atoms. The maximum absolute atomic E-state index is 5.80. The minimum atomic E-state index is -0.0529. The van der Waals surface area contributed by atoms with Crippen LogP contribution in [0.2, 0.25) is 0 Å². The second-order valence-electron chi connectivity index (χ2n) is 5.80. The molecule has 8 nitrogen and oxygen atoms in total. The van der Waals surface area contributed by atoms with E-state index in [0.29, 0.717) is 30.1 Å². The number of nitrogens with two attached hydrogens (primary N) is 3. The van der Waals surface area contributed by atoms with E-state index in [9.17, 15) is 0 Å². The number of benzene rings is 1. The number of fused-ring (bicyclic) bond motifs is 1. The number of hydrogen-bond acceptors (Lipinski definition) is 7. The first-order valence-electron chi connectivity index (χ1n) is 8.25. The van der Waals surface area contributed by atoms with Gasteiger partial charge in [0.15, 0.2) is 11.5 Å². The predicted molar refractivity (Wildman–Crippen MR) is 96.3 cm³/mol. The van der Waals surface area contributed by atoms with E-state index in [0.717, 1.165) is 12.8 Å². The third-order valence-corrected chi connectivity index (χ3v) is 4.12. The summed E-state index contributed by atoms with van der Waals surface area (Å²) in [5, 5.41) is 0. The molecule has 1 saturated heterocycles. The third kappa shape index (κ3) is 3.93. The molecule has 0 saturated carbocycles. The van der Waals surface area contributed by atoms with E-state index in [1.807, 2.05) is 34.9 Å². The van der Waals surface area contributed by atoms with Crippen LogP contribution in [0.25, 0.3) is 11.2 Å². The van der Waals surface area contributed by atoms with Crippen molar-refractivity contribution in [2.45, 2.75) is 31.7 Å². The minimum absolute atomic E-state index is 0.0529. The second kappa shape index (κ2) is 8.02. The average molecular weight is 341 g/mol. The summed E-state index contributed by atoms with van der Waals surface area (Å²) in [4.78, 5) is 12.3. The number of anilines is 1. The van der Waals surface area contributed by atoms with Crippen LogP contribution >= 0.6 is 0 Å². The van der Waals surface area contributed by atoms with Gasteiger partial charge in [-0.2, -0.15) is 0 Å². The molecule has 1 fully saturated rings. The zero-order valence-corrected chi connectivity index (χ0v) is 14.0. The van der Waals surface area contributed by atoms with Crippen LogP contribution in [0.5, 0.6) is 0 Å². The fourth-order valence-corrected chi connectivity index (χ4v) is 2.76. The fourth-order valence-electron chi connectivity index (χ4n) is 2.76. The molecule has 1 aliphatic heterocycles. The van der Waals surface area contributed by atoms with Crippen molar-refractivity contribution < 1.29 is 4.74 Å². The van der Waals surface area contributed by atoms with E-state index in [1.54, 1.807) is 6.33 Å². The van der Waals surface area contributed by atoms with Crippen molar-refractivity contribution in [1.29, 1.82) is 0 Å². The number of imidazole rings is 1. The summed E-state index contributed by atoms with van der Waals surface area (Å²) in [6, 6.07) is 9.99. The first kappa shape index (κ1) is 17.3. The van der Waals surface area contributed by atoms with Crippen molar-refractivity contribution in [2.75, 3.05) is 12.3 Å². The molecule has 4 rings (SSSR count). The highest BCUT2D eigenvalue weighted by Crippen LogP contribution is 2.30. The van der Waals surface area contributed by atoms with Crippen molar-refractivity contribution in [3.05, 3.63) is 48.5 Å². The number of aromatic nitrogens is 4. The smallest absolute Gasteiger partial charge is 0.167 e. The summed E-state index contributed by atoms with van der Waals surface area (Å²) in [5.74, 6) is 0.391. The van der Waals surface area contributed by atoms with Gasteiger partial charge in [-0.25, -0.2) is 15.0 Å². The molecule has 6 N–H and O–H groups in total. The van der Waals surface area contributed by atoms with Crippen molar-refractivity contribution in [2.24, 2.45) is 11.5 Å². The Kier molecular flexibility index (Phi) is 5.54. The predicted octanol–water partition coefficient (Wildman–Crippen LogP) is 1.19. The highest BCUT2D eigenvalue weighted by atomic mass is 16.5. The number of ether oxygens (including phenoxy) is 1. The third-order valence-electron chi connectivity index (χ3n) is 4.12. The highest BCUT2D eigenvalue weighted by molar-refractivity contribution is 5.81. The van der Waals surface area contributed by atoms with E-state index in [-0.39, 0.29) is 12.3 Å². The zero-order chi connectivity index (χ0) is 17.6. The number of nitrogen functional groups attached to an aromatic ring is 1. The summed E-state index contributed by atoms with van der Waals surface area (Å²) >= 11 is 0. The first-order chi connectivity index (χ1) is 12.2. The number of nitrogens with zero attached hydrogens (tertiary/aromatic N) is 4. The van der Waals surface area contributed by atoms with Crippen LogP contribution in [0.4, 0.5) is 5.82 Å². The molecule has 0 aliphatic carbocycles. The van der Waals surface area contributed by atoms with Crippen LogP contribution in [0.1, 0.15) is 24.6 Å². The monoisotopic (exact) mass is 341 g/mol. The second-order valence-corrected chi connectivity index (χ2v) is 5.80. The highest BCUT2D eigenvalue weighted by Gasteiger charge is 2.27. The molecule has 1 aromatic carbocycles. The van der Waals surface area contributed by atoms with Crippen LogP contribution < -0.4 is 17.2 Å². The van der Waals surface area contributed by atoms with Crippen molar-refractivity contribution >= 4 is 17.0 Å². The van der Waals surface area contributed by atoms with Gasteiger partial charge >= 0.3 is 0 Å². The zero-order valence-electron chi connectivity index (χ0n) is 14.0. The van der Waals surface area contributed by atoms with Gasteiger partial charge in [-0.05, 0) is 18.4 Å². The normalized spacial score (nSPS) is 19.6. The molecular weight excluding hydrogens is 318 g/mol. The van der Waals surface area contributed by atoms with Crippen LogP contribution in [-0.2, 0) is 11.3 Å². The molecule has 1 unspecified atom stereocenters. The Hall–Kier alpha value is -2.55. The van der Waals surface area contributed by atoms with Gasteiger partial charge in [-0.1, -0.05) is 30.3 Å². The Labute approximate surface area is 146 Å². The molecule has 0 spiro atoms. The largest absolute Gasteiger partial charge is 0.382 e. The average Bonchev–Trinajstić information content (AvgIpc) is 3.30. The van der Waals surface area contributed by atoms with Crippen molar-refractivity contribution in [1.82, 2.24) is 19.5 Å². The SMILES string of the molecule is NCC1CC[C@H](n2cnc3c(N)ncnc32)O1.NCc1ccccc1. The molecule has 1 aliphatic rings. The molecule has 3 heterocycles. The van der Waals surface area contributed by atoms with Crippen molar-refractivity contribution in [3.8, 4) is 0 Å². The topological polar surface area (TPSA) is 131 Å². The van der Waals surface area contributed by atoms with Gasteiger partial charge in [0.1, 0.15) is 18.1 Å². The Morgan fingerprint density at radius 1 is 1.08 bits per heavy atom. The van der Waals surface area contributed by atoms with Crippen LogP contribution in [0.3, 0.4) is 0 Å². The Morgan fingerprint density at radius 2 is 1.88 bits per heavy atom. The molecule has 0 radical (unpaired) electrons. The molecule has 0 bridgehead atoms. The Balaban J connectivity index is 0.000000192. The molecule has 8 heteroatoms. The summed E-state index contributed by atoms with van der Waals surface area (Å²) in [5.41, 5.74) is 19.2. The van der Waals surface area contributed by atoms with Gasteiger partial charge < -0.3 is 21.9 Å². The first-order valence-corrected chi connectivity index (χ1v) is 8.25. The Morgan fingerprint density at radius 3 is 2.52 bits per heavy atom. The summed E-state index contributed by atoms with van der Waals surface area (Å²) < 4.78 is 7.69. The standard InChI is InChI=1S/C10H14N6O.C7H9N/c11-3-6-1-2-7(17-6)16-5-15-8-9(12)13-4-14-10(8)16;8-6-7-4-2-1-3-5-7/h4-7H,1-3,11H2,(H2,12,13,14);1-5H,6,8H2/t6?,7-;/m1./s1. The molecule has 2 atom stereocenters. The molecular formula is C17H23N7O. The lowest BCUT2D eigenvalue weighted by atomic mass is 10.2. The lowest BCUT2D eigenvalue weighted by Crippen LogP contribution is -2.20. The summed E-state index contributed by atoms with van der Waals surface area (Å²) in [6.07, 6.45) is 5.07. The lowest BCUT2D eigenvalue weighted by molar-refractivity contribution is 0.00866. The van der Waals surface area contributed by atoms with Gasteiger partial charge in [0.2, 0.25) is 0 Å². The van der Waals surface area contributed by atoms with Gasteiger partial charge in [0.05, 0.1) is 12.4 Å². The minimum Gasteiger partial charge on any atom is -0.382 e. The number of rotatable bonds is 3. The summed E-state index contributed by atoms with van der Waals surface area (Å²) in [7, 11) is 0. The molecule has 2 aromatic heterocycles. The maximum atomic E-state index is 5.80.